The number of aromatic nitrogens is 3. The summed E-state index contributed by atoms with van der Waals surface area (Å²) in [5.74, 6) is 2.51. The zero-order valence-corrected chi connectivity index (χ0v) is 20.2. The number of carbonyl (C=O) groups is 1. The van der Waals surface area contributed by atoms with Gasteiger partial charge in [-0.05, 0) is 31.0 Å². The number of amides is 1. The molecule has 7 nitrogen and oxygen atoms in total. The van der Waals surface area contributed by atoms with Gasteiger partial charge in [0.2, 0.25) is 0 Å². The van der Waals surface area contributed by atoms with Crippen molar-refractivity contribution >= 4 is 5.91 Å². The number of nitrogens with one attached hydrogen (secondary N) is 1. The Balaban J connectivity index is 1.29. The van der Waals surface area contributed by atoms with Crippen LogP contribution in [0.4, 0.5) is 0 Å². The monoisotopic (exact) mass is 469 g/mol. The van der Waals surface area contributed by atoms with E-state index in [1.165, 1.54) is 17.4 Å². The van der Waals surface area contributed by atoms with E-state index in [2.05, 4.69) is 85.6 Å². The fourth-order valence-corrected chi connectivity index (χ4v) is 4.88. The number of hydrogen-bond donors (Lipinski definition) is 1. The standard InChI is InChI=1S/C28H31N5O2/c1-20(29-28(34)24-14-18-35-21(24)2)27-31-30-26-13-15-32(16-17-33(26)27)19-25(22-9-5-3-6-10-22)23-11-7-4-8-12-23/h3-12,14,18,20,25H,13,15-17,19H2,1-2H3,(H,29,34). The van der Waals surface area contributed by atoms with E-state index in [0.717, 1.165) is 44.2 Å². The van der Waals surface area contributed by atoms with Crippen LogP contribution in [0.1, 0.15) is 57.8 Å². The van der Waals surface area contributed by atoms with Crippen molar-refractivity contribution < 1.29 is 9.21 Å². The third-order valence-electron chi connectivity index (χ3n) is 6.83. The van der Waals surface area contributed by atoms with Gasteiger partial charge in [-0.3, -0.25) is 4.79 Å². The summed E-state index contributed by atoms with van der Waals surface area (Å²) in [4.78, 5) is 15.2. The Morgan fingerprint density at radius 1 is 0.971 bits per heavy atom. The fourth-order valence-electron chi connectivity index (χ4n) is 4.88. The summed E-state index contributed by atoms with van der Waals surface area (Å²) in [6.45, 7) is 7.29. The Bertz CT molecular complexity index is 1230. The number of nitrogens with zero attached hydrogens (tertiary/aromatic N) is 4. The van der Waals surface area contributed by atoms with E-state index >= 15 is 0 Å². The molecule has 0 radical (unpaired) electrons. The van der Waals surface area contributed by atoms with Crippen LogP contribution < -0.4 is 5.32 Å². The number of aryl methyl sites for hydroxylation is 1. The maximum Gasteiger partial charge on any atom is 0.255 e. The molecule has 0 saturated heterocycles. The van der Waals surface area contributed by atoms with Crippen molar-refractivity contribution in [3.63, 3.8) is 0 Å². The van der Waals surface area contributed by atoms with Gasteiger partial charge in [0.15, 0.2) is 5.82 Å². The van der Waals surface area contributed by atoms with Crippen LogP contribution >= 0.6 is 0 Å². The maximum absolute atomic E-state index is 12.7. The molecule has 0 fully saturated rings. The van der Waals surface area contributed by atoms with Crippen LogP contribution in [0.2, 0.25) is 0 Å². The van der Waals surface area contributed by atoms with E-state index in [1.54, 1.807) is 13.0 Å². The van der Waals surface area contributed by atoms with E-state index in [4.69, 9.17) is 4.42 Å². The molecule has 1 amide bonds. The van der Waals surface area contributed by atoms with Gasteiger partial charge < -0.3 is 19.2 Å². The lowest BCUT2D eigenvalue weighted by molar-refractivity contribution is 0.0936. The van der Waals surface area contributed by atoms with Crippen LogP contribution in [0.15, 0.2) is 77.4 Å². The van der Waals surface area contributed by atoms with Gasteiger partial charge in [0.05, 0.1) is 17.9 Å². The molecule has 35 heavy (non-hydrogen) atoms. The summed E-state index contributed by atoms with van der Waals surface area (Å²) in [6.07, 6.45) is 2.36. The second-order valence-corrected chi connectivity index (χ2v) is 9.14. The molecule has 0 saturated carbocycles. The predicted molar refractivity (Wildman–Crippen MR) is 134 cm³/mol. The van der Waals surface area contributed by atoms with Gasteiger partial charge in [-0.15, -0.1) is 10.2 Å². The maximum atomic E-state index is 12.7. The molecule has 1 N–H and O–H groups in total. The minimum absolute atomic E-state index is 0.162. The first-order valence-electron chi connectivity index (χ1n) is 12.2. The van der Waals surface area contributed by atoms with Crippen molar-refractivity contribution in [3.05, 3.63) is 107 Å². The van der Waals surface area contributed by atoms with Gasteiger partial charge in [0, 0.05) is 38.5 Å². The van der Waals surface area contributed by atoms with Crippen LogP contribution in [0, 0.1) is 6.92 Å². The molecule has 0 spiro atoms. The molecule has 4 aromatic rings. The summed E-state index contributed by atoms with van der Waals surface area (Å²) in [5.41, 5.74) is 3.20. The summed E-state index contributed by atoms with van der Waals surface area (Å²) in [7, 11) is 0. The smallest absolute Gasteiger partial charge is 0.255 e. The Labute approximate surface area is 205 Å². The van der Waals surface area contributed by atoms with E-state index in [0.29, 0.717) is 17.2 Å². The highest BCUT2D eigenvalue weighted by Crippen LogP contribution is 2.26. The molecule has 1 aliphatic rings. The highest BCUT2D eigenvalue weighted by atomic mass is 16.3. The van der Waals surface area contributed by atoms with E-state index in [9.17, 15) is 4.79 Å². The lowest BCUT2D eigenvalue weighted by Gasteiger charge is -2.27. The third-order valence-corrected chi connectivity index (χ3v) is 6.83. The average Bonchev–Trinajstić information content (AvgIpc) is 3.45. The molecule has 2 aromatic heterocycles. The zero-order chi connectivity index (χ0) is 24.2. The highest BCUT2D eigenvalue weighted by Gasteiger charge is 2.25. The van der Waals surface area contributed by atoms with Gasteiger partial charge in [0.25, 0.3) is 5.91 Å². The quantitative estimate of drug-likeness (QED) is 0.435. The van der Waals surface area contributed by atoms with Crippen molar-refractivity contribution in [2.24, 2.45) is 0 Å². The molecule has 7 heteroatoms. The third kappa shape index (κ3) is 5.05. The molecule has 5 rings (SSSR count). The Morgan fingerprint density at radius 3 is 2.29 bits per heavy atom. The Kier molecular flexibility index (Phi) is 6.77. The van der Waals surface area contributed by atoms with Crippen LogP contribution in [-0.2, 0) is 13.0 Å². The summed E-state index contributed by atoms with van der Waals surface area (Å²) >= 11 is 0. The van der Waals surface area contributed by atoms with Crippen molar-refractivity contribution in [2.75, 3.05) is 19.6 Å². The molecule has 0 bridgehead atoms. The number of hydrogen-bond acceptors (Lipinski definition) is 5. The lowest BCUT2D eigenvalue weighted by atomic mass is 9.90. The molecule has 180 valence electrons. The topological polar surface area (TPSA) is 76.2 Å². The molecule has 0 aliphatic carbocycles. The highest BCUT2D eigenvalue weighted by molar-refractivity contribution is 5.95. The number of rotatable bonds is 7. The van der Waals surface area contributed by atoms with Gasteiger partial charge >= 0.3 is 0 Å². The molecule has 1 aliphatic heterocycles. The number of fused-ring (bicyclic) bond motifs is 1. The Morgan fingerprint density at radius 2 is 1.66 bits per heavy atom. The largest absolute Gasteiger partial charge is 0.469 e. The fraction of sp³-hybridized carbons (Fsp3) is 0.321. The molecule has 2 aromatic carbocycles. The number of carbonyl (C=O) groups excluding carboxylic acids is 1. The first kappa shape index (κ1) is 23.1. The first-order valence-corrected chi connectivity index (χ1v) is 12.2. The second-order valence-electron chi connectivity index (χ2n) is 9.14. The lowest BCUT2D eigenvalue weighted by Crippen LogP contribution is -2.33. The minimum Gasteiger partial charge on any atom is -0.469 e. The SMILES string of the molecule is Cc1occc1C(=O)NC(C)c1nnc2n1CCN(CC(c1ccccc1)c1ccccc1)CC2. The molecular weight excluding hydrogens is 438 g/mol. The van der Waals surface area contributed by atoms with Crippen LogP contribution in [0.3, 0.4) is 0 Å². The molecule has 1 unspecified atom stereocenters. The van der Waals surface area contributed by atoms with Gasteiger partial charge in [-0.1, -0.05) is 60.7 Å². The van der Waals surface area contributed by atoms with Crippen LogP contribution in [-0.4, -0.2) is 45.2 Å². The van der Waals surface area contributed by atoms with E-state index in [-0.39, 0.29) is 11.9 Å². The van der Waals surface area contributed by atoms with E-state index < -0.39 is 0 Å². The normalized spacial score (nSPS) is 14.9. The van der Waals surface area contributed by atoms with Crippen molar-refractivity contribution in [1.29, 1.82) is 0 Å². The summed E-state index contributed by atoms with van der Waals surface area (Å²) in [5, 5.41) is 12.0. The first-order chi connectivity index (χ1) is 17.1. The Hall–Kier alpha value is -3.71. The van der Waals surface area contributed by atoms with E-state index in [1.807, 2.05) is 6.92 Å². The van der Waals surface area contributed by atoms with Crippen molar-refractivity contribution in [2.45, 2.75) is 38.8 Å². The molecular formula is C28H31N5O2. The molecule has 1 atom stereocenters. The van der Waals surface area contributed by atoms with Crippen molar-refractivity contribution in [3.8, 4) is 0 Å². The number of furan rings is 1. The van der Waals surface area contributed by atoms with Gasteiger partial charge in [-0.2, -0.15) is 0 Å². The van der Waals surface area contributed by atoms with Crippen LogP contribution in [0.5, 0.6) is 0 Å². The predicted octanol–water partition coefficient (Wildman–Crippen LogP) is 4.36. The zero-order valence-electron chi connectivity index (χ0n) is 20.2. The van der Waals surface area contributed by atoms with Crippen molar-refractivity contribution in [1.82, 2.24) is 25.0 Å². The second kappa shape index (κ2) is 10.3. The van der Waals surface area contributed by atoms with Crippen LogP contribution in [0.25, 0.3) is 0 Å². The van der Waals surface area contributed by atoms with Gasteiger partial charge in [0.1, 0.15) is 11.6 Å². The number of benzene rings is 2. The summed E-state index contributed by atoms with van der Waals surface area (Å²) in [6, 6.07) is 22.9. The van der Waals surface area contributed by atoms with Gasteiger partial charge in [-0.25, -0.2) is 0 Å². The minimum atomic E-state index is -0.258. The molecule has 3 heterocycles. The average molecular weight is 470 g/mol. The summed E-state index contributed by atoms with van der Waals surface area (Å²) < 4.78 is 7.45.